The molecule has 0 bridgehead atoms. The first-order valence-corrected chi connectivity index (χ1v) is 6.13. The van der Waals surface area contributed by atoms with Gasteiger partial charge in [0.2, 0.25) is 5.91 Å². The Morgan fingerprint density at radius 3 is 2.53 bits per heavy atom. The Hall–Kier alpha value is -1.10. The van der Waals surface area contributed by atoms with Gasteiger partial charge in [-0.25, -0.2) is 0 Å². The van der Waals surface area contributed by atoms with Crippen molar-refractivity contribution < 1.29 is 14.7 Å². The molecule has 0 aromatic carbocycles. The summed E-state index contributed by atoms with van der Waals surface area (Å²) >= 11 is 0. The first-order chi connectivity index (χ1) is 7.91. The molecule has 0 saturated carbocycles. The van der Waals surface area contributed by atoms with E-state index in [1.807, 2.05) is 7.05 Å². The zero-order valence-electron chi connectivity index (χ0n) is 10.8. The molecule has 98 valence electrons. The molecule has 1 saturated heterocycles. The van der Waals surface area contributed by atoms with Gasteiger partial charge >= 0.3 is 5.97 Å². The zero-order chi connectivity index (χ0) is 13.0. The summed E-state index contributed by atoms with van der Waals surface area (Å²) in [6, 6.07) is 0.157. The molecule has 0 aliphatic carbocycles. The minimum Gasteiger partial charge on any atom is -0.481 e. The van der Waals surface area contributed by atoms with E-state index in [0.717, 1.165) is 25.9 Å². The lowest BCUT2D eigenvalue weighted by molar-refractivity contribution is -0.146. The fourth-order valence-electron chi connectivity index (χ4n) is 2.06. The van der Waals surface area contributed by atoms with Gasteiger partial charge in [0.25, 0.3) is 0 Å². The normalized spacial score (nSPS) is 25.0. The van der Waals surface area contributed by atoms with Gasteiger partial charge in [0.05, 0.1) is 5.92 Å². The topological polar surface area (TPSA) is 69.6 Å². The molecule has 0 radical (unpaired) electrons. The van der Waals surface area contributed by atoms with Crippen molar-refractivity contribution in [1.29, 1.82) is 0 Å². The number of amides is 1. The van der Waals surface area contributed by atoms with Crippen LogP contribution in [-0.4, -0.2) is 48.1 Å². The highest BCUT2D eigenvalue weighted by atomic mass is 16.4. The summed E-state index contributed by atoms with van der Waals surface area (Å²) in [5.74, 6) is -2.20. The molecule has 1 rings (SSSR count). The molecule has 0 aromatic heterocycles. The minimum absolute atomic E-state index is 0.153. The van der Waals surface area contributed by atoms with Crippen molar-refractivity contribution in [2.45, 2.75) is 32.7 Å². The molecule has 3 unspecified atom stereocenters. The number of hydrogen-bond donors (Lipinski definition) is 2. The Bertz CT molecular complexity index is 293. The number of piperidine rings is 1. The van der Waals surface area contributed by atoms with E-state index in [0.29, 0.717) is 0 Å². The molecule has 1 aliphatic rings. The molecular formula is C12H22N2O3. The molecule has 0 spiro atoms. The van der Waals surface area contributed by atoms with Crippen molar-refractivity contribution in [2.75, 3.05) is 20.1 Å². The van der Waals surface area contributed by atoms with Crippen LogP contribution in [0, 0.1) is 11.8 Å². The summed E-state index contributed by atoms with van der Waals surface area (Å²) in [6.07, 6.45) is 2.05. The second-order valence-corrected chi connectivity index (χ2v) is 5.03. The molecule has 1 amide bonds. The molecule has 2 N–H and O–H groups in total. The van der Waals surface area contributed by atoms with E-state index in [2.05, 4.69) is 10.2 Å². The zero-order valence-corrected chi connectivity index (χ0v) is 10.8. The van der Waals surface area contributed by atoms with E-state index >= 15 is 0 Å². The fraction of sp³-hybridized carbons (Fsp3) is 0.833. The van der Waals surface area contributed by atoms with Crippen LogP contribution in [0.25, 0.3) is 0 Å². The quantitative estimate of drug-likeness (QED) is 0.755. The number of carbonyl (C=O) groups excluding carboxylic acids is 1. The summed E-state index contributed by atoms with van der Waals surface area (Å²) in [7, 11) is 2.03. The van der Waals surface area contributed by atoms with Crippen LogP contribution in [0.4, 0.5) is 0 Å². The lowest BCUT2D eigenvalue weighted by Crippen LogP contribution is -2.48. The van der Waals surface area contributed by atoms with Gasteiger partial charge in [0.1, 0.15) is 0 Å². The van der Waals surface area contributed by atoms with Gasteiger partial charge < -0.3 is 15.3 Å². The number of hydrogen-bond acceptors (Lipinski definition) is 3. The number of carboxylic acids is 1. The predicted octanol–water partition coefficient (Wildman–Crippen LogP) is 0.554. The van der Waals surface area contributed by atoms with Gasteiger partial charge in [-0.05, 0) is 26.4 Å². The Morgan fingerprint density at radius 2 is 2.00 bits per heavy atom. The molecule has 1 aliphatic heterocycles. The van der Waals surface area contributed by atoms with E-state index in [1.54, 1.807) is 13.8 Å². The Morgan fingerprint density at radius 1 is 1.35 bits per heavy atom. The molecular weight excluding hydrogens is 220 g/mol. The molecule has 1 fully saturated rings. The van der Waals surface area contributed by atoms with E-state index in [9.17, 15) is 9.59 Å². The summed E-state index contributed by atoms with van der Waals surface area (Å²) in [5.41, 5.74) is 0. The second kappa shape index (κ2) is 6.00. The standard InChI is InChI=1S/C12H22N2O3/c1-8(9(2)12(16)17)11(15)13-10-5-4-6-14(3)7-10/h8-10H,4-7H2,1-3H3,(H,13,15)(H,16,17). The van der Waals surface area contributed by atoms with Crippen molar-refractivity contribution >= 4 is 11.9 Å². The van der Waals surface area contributed by atoms with E-state index in [-0.39, 0.29) is 11.9 Å². The summed E-state index contributed by atoms with van der Waals surface area (Å²) in [4.78, 5) is 24.9. The maximum Gasteiger partial charge on any atom is 0.307 e. The fourth-order valence-corrected chi connectivity index (χ4v) is 2.06. The molecule has 1 heterocycles. The minimum atomic E-state index is -0.923. The SMILES string of the molecule is CC(C(=O)O)C(C)C(=O)NC1CCCN(C)C1. The van der Waals surface area contributed by atoms with Gasteiger partial charge in [-0.2, -0.15) is 0 Å². The molecule has 0 aromatic rings. The van der Waals surface area contributed by atoms with Gasteiger partial charge in [-0.1, -0.05) is 13.8 Å². The Labute approximate surface area is 102 Å². The second-order valence-electron chi connectivity index (χ2n) is 5.03. The molecule has 3 atom stereocenters. The highest BCUT2D eigenvalue weighted by Gasteiger charge is 2.28. The van der Waals surface area contributed by atoms with Gasteiger partial charge in [-0.15, -0.1) is 0 Å². The van der Waals surface area contributed by atoms with Crippen LogP contribution in [0.15, 0.2) is 0 Å². The smallest absolute Gasteiger partial charge is 0.307 e. The third-order valence-corrected chi connectivity index (χ3v) is 3.52. The van der Waals surface area contributed by atoms with Crippen LogP contribution in [0.1, 0.15) is 26.7 Å². The highest BCUT2D eigenvalue weighted by Crippen LogP contribution is 2.13. The first-order valence-electron chi connectivity index (χ1n) is 6.13. The molecule has 5 nitrogen and oxygen atoms in total. The maximum absolute atomic E-state index is 11.9. The van der Waals surface area contributed by atoms with Crippen LogP contribution in [0.5, 0.6) is 0 Å². The molecule has 5 heteroatoms. The van der Waals surface area contributed by atoms with Crippen LogP contribution < -0.4 is 5.32 Å². The first kappa shape index (κ1) is 14.0. The molecule has 17 heavy (non-hydrogen) atoms. The van der Waals surface area contributed by atoms with Gasteiger partial charge in [0, 0.05) is 18.5 Å². The number of likely N-dealkylation sites (N-methyl/N-ethyl adjacent to an activating group) is 1. The number of likely N-dealkylation sites (tertiary alicyclic amines) is 1. The van der Waals surface area contributed by atoms with E-state index in [4.69, 9.17) is 5.11 Å². The third kappa shape index (κ3) is 4.00. The van der Waals surface area contributed by atoms with E-state index in [1.165, 1.54) is 0 Å². The Kier molecular flexibility index (Phi) is 4.93. The number of aliphatic carboxylic acids is 1. The average molecular weight is 242 g/mol. The monoisotopic (exact) mass is 242 g/mol. The summed E-state index contributed by atoms with van der Waals surface area (Å²) in [5, 5.41) is 11.8. The number of carbonyl (C=O) groups is 2. The average Bonchev–Trinajstić information content (AvgIpc) is 2.26. The number of rotatable bonds is 4. The maximum atomic E-state index is 11.9. The van der Waals surface area contributed by atoms with Crippen LogP contribution in [-0.2, 0) is 9.59 Å². The number of nitrogens with one attached hydrogen (secondary N) is 1. The van der Waals surface area contributed by atoms with Crippen molar-refractivity contribution in [3.63, 3.8) is 0 Å². The highest BCUT2D eigenvalue weighted by molar-refractivity contribution is 5.84. The van der Waals surface area contributed by atoms with Gasteiger partial charge in [0.15, 0.2) is 0 Å². The van der Waals surface area contributed by atoms with Crippen LogP contribution in [0.3, 0.4) is 0 Å². The van der Waals surface area contributed by atoms with E-state index < -0.39 is 17.8 Å². The Balaban J connectivity index is 2.45. The third-order valence-electron chi connectivity index (χ3n) is 3.52. The van der Waals surface area contributed by atoms with Crippen molar-refractivity contribution in [3.8, 4) is 0 Å². The van der Waals surface area contributed by atoms with Crippen molar-refractivity contribution in [1.82, 2.24) is 10.2 Å². The van der Waals surface area contributed by atoms with Crippen LogP contribution in [0.2, 0.25) is 0 Å². The summed E-state index contributed by atoms with van der Waals surface area (Å²) < 4.78 is 0. The number of carboxylic acid groups (broad SMARTS) is 1. The lowest BCUT2D eigenvalue weighted by Gasteiger charge is -2.31. The predicted molar refractivity (Wildman–Crippen MR) is 64.6 cm³/mol. The largest absolute Gasteiger partial charge is 0.481 e. The van der Waals surface area contributed by atoms with Gasteiger partial charge in [-0.3, -0.25) is 9.59 Å². The summed E-state index contributed by atoms with van der Waals surface area (Å²) in [6.45, 7) is 5.15. The van der Waals surface area contributed by atoms with Crippen LogP contribution >= 0.6 is 0 Å². The van der Waals surface area contributed by atoms with Crippen molar-refractivity contribution in [2.24, 2.45) is 11.8 Å². The van der Waals surface area contributed by atoms with Crippen molar-refractivity contribution in [3.05, 3.63) is 0 Å². The number of nitrogens with zero attached hydrogens (tertiary/aromatic N) is 1. The lowest BCUT2D eigenvalue weighted by atomic mass is 9.94.